The molecular weight excluding hydrogens is 574 g/mol. The van der Waals surface area contributed by atoms with Crippen molar-refractivity contribution in [1.82, 2.24) is 0 Å². The first-order chi connectivity index (χ1) is 21.5. The summed E-state index contributed by atoms with van der Waals surface area (Å²) in [5.74, 6) is -3.25. The third-order valence-electron chi connectivity index (χ3n) is 7.48. The van der Waals surface area contributed by atoms with Crippen LogP contribution in [0.25, 0.3) is 0 Å². The van der Waals surface area contributed by atoms with Gasteiger partial charge in [-0.2, -0.15) is 10.5 Å². The Bertz CT molecular complexity index is 1640. The van der Waals surface area contributed by atoms with Gasteiger partial charge in [-0.3, -0.25) is 4.99 Å². The molecule has 0 radical (unpaired) electrons. The first-order valence-corrected chi connectivity index (χ1v) is 14.3. The molecule has 1 fully saturated rings. The molecule has 0 amide bonds. The highest BCUT2D eigenvalue weighted by atomic mass is 16.7. The van der Waals surface area contributed by atoms with Crippen LogP contribution in [-0.2, 0) is 18.9 Å². The molecule has 0 bridgehead atoms. The van der Waals surface area contributed by atoms with E-state index >= 15 is 0 Å². The smallest absolute Gasteiger partial charge is 0.338 e. The Morgan fingerprint density at radius 1 is 0.844 bits per heavy atom. The Hall–Kier alpha value is -5.32. The fourth-order valence-electron chi connectivity index (χ4n) is 4.94. The summed E-state index contributed by atoms with van der Waals surface area (Å²) in [7, 11) is 0. The Balaban J connectivity index is 1.73. The van der Waals surface area contributed by atoms with Crippen LogP contribution in [0.1, 0.15) is 54.7 Å². The summed E-state index contributed by atoms with van der Waals surface area (Å²) < 4.78 is 23.9. The number of carbonyl (C=O) groups is 3. The number of ether oxygens (including phenoxy) is 4. The van der Waals surface area contributed by atoms with Crippen LogP contribution >= 0.6 is 0 Å². The molecule has 1 heterocycles. The SMILES string of the molecule is Cc1ccc(C(=O)OCC2O[C@H](C(C#N)C=NCC#N)[C@](C)(OC(=O)c3ccc(C)cc3)[C@@H]2OC(=O)c2ccc(C)cc2)cc1. The predicted octanol–water partition coefficient (Wildman–Crippen LogP) is 5.11. The largest absolute Gasteiger partial charge is 0.459 e. The molecule has 0 saturated carbocycles. The molecule has 45 heavy (non-hydrogen) atoms. The number of benzene rings is 3. The van der Waals surface area contributed by atoms with Crippen molar-refractivity contribution in [3.63, 3.8) is 0 Å². The zero-order valence-corrected chi connectivity index (χ0v) is 25.4. The number of hydrogen-bond donors (Lipinski definition) is 0. The van der Waals surface area contributed by atoms with E-state index in [2.05, 4.69) is 11.1 Å². The van der Waals surface area contributed by atoms with Gasteiger partial charge in [-0.05, 0) is 64.1 Å². The maximum Gasteiger partial charge on any atom is 0.338 e. The summed E-state index contributed by atoms with van der Waals surface area (Å²) in [6.07, 6.45) is -2.45. The first-order valence-electron chi connectivity index (χ1n) is 14.3. The highest BCUT2D eigenvalue weighted by Crippen LogP contribution is 2.41. The highest BCUT2D eigenvalue weighted by Gasteiger charge is 2.61. The Morgan fingerprint density at radius 2 is 1.33 bits per heavy atom. The molecule has 0 aromatic heterocycles. The third-order valence-corrected chi connectivity index (χ3v) is 7.48. The molecule has 0 spiro atoms. The fraction of sp³-hybridized carbons (Fsp3) is 0.314. The number of hydrogen-bond acceptors (Lipinski definition) is 10. The molecule has 1 aliphatic rings. The summed E-state index contributed by atoms with van der Waals surface area (Å²) in [5, 5.41) is 19.1. The van der Waals surface area contributed by atoms with Gasteiger partial charge in [-0.1, -0.05) is 53.1 Å². The van der Waals surface area contributed by atoms with Crippen LogP contribution in [0.4, 0.5) is 0 Å². The van der Waals surface area contributed by atoms with Gasteiger partial charge < -0.3 is 18.9 Å². The first kappa shape index (κ1) is 32.6. The Labute approximate surface area is 261 Å². The van der Waals surface area contributed by atoms with Crippen molar-refractivity contribution in [3.8, 4) is 12.1 Å². The van der Waals surface area contributed by atoms with Gasteiger partial charge in [0.15, 0.2) is 11.7 Å². The maximum absolute atomic E-state index is 13.5. The maximum atomic E-state index is 13.5. The van der Waals surface area contributed by atoms with E-state index in [-0.39, 0.29) is 24.3 Å². The van der Waals surface area contributed by atoms with E-state index in [9.17, 15) is 19.6 Å². The van der Waals surface area contributed by atoms with Crippen LogP contribution in [-0.4, -0.2) is 61.2 Å². The Kier molecular flexibility index (Phi) is 10.5. The van der Waals surface area contributed by atoms with Crippen molar-refractivity contribution in [2.45, 2.75) is 51.6 Å². The minimum absolute atomic E-state index is 0.214. The molecule has 10 nitrogen and oxygen atoms in total. The highest BCUT2D eigenvalue weighted by molar-refractivity contribution is 5.91. The van der Waals surface area contributed by atoms with E-state index in [0.29, 0.717) is 5.56 Å². The van der Waals surface area contributed by atoms with Crippen LogP contribution in [0.3, 0.4) is 0 Å². The van der Waals surface area contributed by atoms with Crippen molar-refractivity contribution in [2.24, 2.45) is 10.9 Å². The lowest BCUT2D eigenvalue weighted by atomic mass is 9.85. The lowest BCUT2D eigenvalue weighted by molar-refractivity contribution is -0.0904. The van der Waals surface area contributed by atoms with E-state index in [1.54, 1.807) is 72.8 Å². The number of nitriles is 2. The molecule has 5 atom stereocenters. The molecule has 4 rings (SSSR count). The summed E-state index contributed by atoms with van der Waals surface area (Å²) >= 11 is 0. The molecule has 3 aromatic rings. The van der Waals surface area contributed by atoms with Gasteiger partial charge in [-0.15, -0.1) is 0 Å². The summed E-state index contributed by atoms with van der Waals surface area (Å²) in [6, 6.07) is 24.1. The zero-order chi connectivity index (χ0) is 32.6. The monoisotopic (exact) mass is 607 g/mol. The number of aliphatic imine (C=N–C) groups is 1. The Morgan fingerprint density at radius 3 is 1.82 bits per heavy atom. The lowest BCUT2D eigenvalue weighted by Crippen LogP contribution is -2.53. The number of nitrogens with zero attached hydrogens (tertiary/aromatic N) is 3. The van der Waals surface area contributed by atoms with E-state index in [0.717, 1.165) is 16.7 Å². The predicted molar refractivity (Wildman–Crippen MR) is 164 cm³/mol. The lowest BCUT2D eigenvalue weighted by Gasteiger charge is -2.35. The van der Waals surface area contributed by atoms with Gasteiger partial charge in [0.25, 0.3) is 0 Å². The molecule has 230 valence electrons. The summed E-state index contributed by atoms with van der Waals surface area (Å²) in [4.78, 5) is 43.8. The minimum Gasteiger partial charge on any atom is -0.459 e. The van der Waals surface area contributed by atoms with E-state index in [1.807, 2.05) is 26.8 Å². The number of carbonyl (C=O) groups excluding carboxylic acids is 3. The quantitative estimate of drug-likeness (QED) is 0.133. The van der Waals surface area contributed by atoms with Gasteiger partial charge in [0.05, 0.1) is 28.8 Å². The van der Waals surface area contributed by atoms with Crippen LogP contribution in [0.2, 0.25) is 0 Å². The summed E-state index contributed by atoms with van der Waals surface area (Å²) in [6.45, 7) is 6.53. The van der Waals surface area contributed by atoms with Crippen molar-refractivity contribution in [1.29, 1.82) is 10.5 Å². The van der Waals surface area contributed by atoms with Crippen LogP contribution in [0.15, 0.2) is 77.8 Å². The molecule has 2 unspecified atom stereocenters. The number of rotatable bonds is 10. The molecule has 10 heteroatoms. The van der Waals surface area contributed by atoms with Crippen LogP contribution in [0.5, 0.6) is 0 Å². The number of aryl methyl sites for hydroxylation is 3. The molecule has 1 aliphatic heterocycles. The van der Waals surface area contributed by atoms with E-state index < -0.39 is 47.7 Å². The molecule has 3 aromatic carbocycles. The second-order valence-electron chi connectivity index (χ2n) is 11.0. The average molecular weight is 608 g/mol. The second-order valence-corrected chi connectivity index (χ2v) is 11.0. The molecular formula is C35H33N3O7. The third kappa shape index (κ3) is 7.80. The summed E-state index contributed by atoms with van der Waals surface area (Å²) in [5.41, 5.74) is 1.83. The van der Waals surface area contributed by atoms with E-state index in [1.165, 1.54) is 13.1 Å². The van der Waals surface area contributed by atoms with Crippen molar-refractivity contribution < 1.29 is 33.3 Å². The van der Waals surface area contributed by atoms with Gasteiger partial charge in [0.2, 0.25) is 0 Å². The standard InChI is InChI=1S/C35H33N3O7/c1-22-5-11-25(12-6-22)32(39)42-21-29-31(44-33(40)26-13-7-23(2)8-14-26)35(4,30(43-29)28(19-37)20-38-18-17-36)45-34(41)27-15-9-24(3)10-16-27/h5-16,20,28-31H,18,21H2,1-4H3/t28?,29?,30-,31-,35+/m1/s1. The topological polar surface area (TPSA) is 148 Å². The molecule has 0 N–H and O–H groups in total. The minimum atomic E-state index is -1.76. The van der Waals surface area contributed by atoms with Crippen molar-refractivity contribution in [2.75, 3.05) is 13.2 Å². The molecule has 0 aliphatic carbocycles. The number of esters is 3. The zero-order valence-electron chi connectivity index (χ0n) is 25.4. The van der Waals surface area contributed by atoms with Gasteiger partial charge >= 0.3 is 17.9 Å². The van der Waals surface area contributed by atoms with Crippen molar-refractivity contribution in [3.05, 3.63) is 106 Å². The second kappa shape index (κ2) is 14.4. The van der Waals surface area contributed by atoms with E-state index in [4.69, 9.17) is 24.2 Å². The normalized spacial score (nSPS) is 21.3. The fourth-order valence-corrected chi connectivity index (χ4v) is 4.94. The average Bonchev–Trinajstić information content (AvgIpc) is 3.29. The molecule has 1 saturated heterocycles. The van der Waals surface area contributed by atoms with Crippen LogP contribution < -0.4 is 0 Å². The van der Waals surface area contributed by atoms with Crippen LogP contribution in [0, 0.1) is 49.4 Å². The van der Waals surface area contributed by atoms with Gasteiger partial charge in [0.1, 0.15) is 31.3 Å². The van der Waals surface area contributed by atoms with Gasteiger partial charge in [0, 0.05) is 6.21 Å². The van der Waals surface area contributed by atoms with Gasteiger partial charge in [-0.25, -0.2) is 14.4 Å². The van der Waals surface area contributed by atoms with Crippen molar-refractivity contribution >= 4 is 24.1 Å².